The van der Waals surface area contributed by atoms with Gasteiger partial charge in [0.1, 0.15) is 0 Å². The molecule has 0 bridgehead atoms. The normalized spacial score (nSPS) is 13.0. The summed E-state index contributed by atoms with van der Waals surface area (Å²) in [5.41, 5.74) is 0.568. The summed E-state index contributed by atoms with van der Waals surface area (Å²) in [4.78, 5) is 17.9. The fourth-order valence-corrected chi connectivity index (χ4v) is 1.93. The van der Waals surface area contributed by atoms with Crippen molar-refractivity contribution in [1.29, 1.82) is 0 Å². The molecule has 0 spiro atoms. The smallest absolute Gasteiger partial charge is 0.321 e. The van der Waals surface area contributed by atoms with E-state index in [1.165, 1.54) is 6.08 Å². The minimum Gasteiger partial charge on any atom is -0.321 e. The van der Waals surface area contributed by atoms with Crippen molar-refractivity contribution in [1.82, 2.24) is 0 Å². The molecule has 1 aromatic rings. The van der Waals surface area contributed by atoms with Crippen LogP contribution in [-0.4, -0.2) is 9.79 Å². The molecule has 0 atom stereocenters. The molecule has 1 aromatic carbocycles. The molecule has 0 radical (unpaired) electrons. The highest BCUT2D eigenvalue weighted by Gasteiger charge is 2.20. The zero-order chi connectivity index (χ0) is 9.90. The number of benzene rings is 1. The van der Waals surface area contributed by atoms with Gasteiger partial charge in [-0.1, -0.05) is 36.4 Å². The molecule has 0 amide bonds. The number of allylic oxidation sites excluding steroid dienone is 1. The molecule has 0 aliphatic carbocycles. The molecule has 3 nitrogen and oxygen atoms in total. The van der Waals surface area contributed by atoms with Crippen molar-refractivity contribution < 1.29 is 14.4 Å². The van der Waals surface area contributed by atoms with E-state index in [0.29, 0.717) is 5.56 Å². The van der Waals surface area contributed by atoms with Crippen molar-refractivity contribution in [2.45, 2.75) is 6.92 Å². The van der Waals surface area contributed by atoms with E-state index in [1.807, 2.05) is 0 Å². The molecule has 4 heteroatoms. The van der Waals surface area contributed by atoms with Gasteiger partial charge in [0.15, 0.2) is 0 Å². The molecule has 0 heterocycles. The number of hydrogen-bond acceptors (Lipinski definition) is 1. The summed E-state index contributed by atoms with van der Waals surface area (Å²) < 4.78 is 11.0. The van der Waals surface area contributed by atoms with Gasteiger partial charge < -0.3 is 9.79 Å². The van der Waals surface area contributed by atoms with Gasteiger partial charge in [-0.25, -0.2) is 0 Å². The van der Waals surface area contributed by atoms with Crippen LogP contribution in [-0.2, 0) is 4.57 Å². The van der Waals surface area contributed by atoms with Crippen LogP contribution in [0.15, 0.2) is 36.4 Å². The molecule has 1 rings (SSSR count). The lowest BCUT2D eigenvalue weighted by Crippen LogP contribution is -1.85. The van der Waals surface area contributed by atoms with Crippen LogP contribution in [0.5, 0.6) is 0 Å². The molecular formula is C9H11O3P. The van der Waals surface area contributed by atoms with E-state index >= 15 is 0 Å². The van der Waals surface area contributed by atoms with Crippen LogP contribution in [0.1, 0.15) is 12.5 Å². The maximum Gasteiger partial charge on any atom is 0.356 e. The lowest BCUT2D eigenvalue weighted by molar-refractivity contribution is 0.388. The predicted molar refractivity (Wildman–Crippen MR) is 52.1 cm³/mol. The first-order chi connectivity index (χ1) is 6.05. The largest absolute Gasteiger partial charge is 0.356 e. The van der Waals surface area contributed by atoms with Crippen LogP contribution in [0.4, 0.5) is 0 Å². The Labute approximate surface area is 76.9 Å². The molecule has 70 valence electrons. The zero-order valence-electron chi connectivity index (χ0n) is 7.21. The highest BCUT2D eigenvalue weighted by Crippen LogP contribution is 2.50. The third-order valence-electron chi connectivity index (χ3n) is 1.66. The van der Waals surface area contributed by atoms with E-state index in [-0.39, 0.29) is 5.31 Å². The zero-order valence-corrected chi connectivity index (χ0v) is 8.11. The Kier molecular flexibility index (Phi) is 3.04. The molecule has 0 fully saturated rings. The monoisotopic (exact) mass is 198 g/mol. The van der Waals surface area contributed by atoms with Crippen LogP contribution in [0.25, 0.3) is 5.31 Å². The van der Waals surface area contributed by atoms with Crippen molar-refractivity contribution in [3.05, 3.63) is 42.0 Å². The Bertz CT molecular complexity index is 350. The highest BCUT2D eigenvalue weighted by molar-refractivity contribution is 7.63. The molecule has 0 saturated carbocycles. The van der Waals surface area contributed by atoms with E-state index in [1.54, 1.807) is 37.3 Å². The Morgan fingerprint density at radius 3 is 2.23 bits per heavy atom. The fraction of sp³-hybridized carbons (Fsp3) is 0.111. The molecule has 13 heavy (non-hydrogen) atoms. The minimum absolute atomic E-state index is 0.0769. The van der Waals surface area contributed by atoms with Crippen LogP contribution >= 0.6 is 7.60 Å². The van der Waals surface area contributed by atoms with Gasteiger partial charge in [-0.2, -0.15) is 0 Å². The van der Waals surface area contributed by atoms with Crippen LogP contribution in [0.2, 0.25) is 0 Å². The average molecular weight is 198 g/mol. The highest BCUT2D eigenvalue weighted by atomic mass is 31.2. The third kappa shape index (κ3) is 2.52. The Balaban J connectivity index is 3.15. The Morgan fingerprint density at radius 1 is 1.31 bits per heavy atom. The summed E-state index contributed by atoms with van der Waals surface area (Å²) in [6, 6.07) is 8.64. The summed E-state index contributed by atoms with van der Waals surface area (Å²) in [5.74, 6) is 0. The van der Waals surface area contributed by atoms with Crippen molar-refractivity contribution in [3.63, 3.8) is 0 Å². The van der Waals surface area contributed by atoms with Gasteiger partial charge in [0.2, 0.25) is 0 Å². The second kappa shape index (κ2) is 3.88. The van der Waals surface area contributed by atoms with Gasteiger partial charge in [0.05, 0.1) is 5.31 Å². The van der Waals surface area contributed by atoms with Crippen LogP contribution in [0.3, 0.4) is 0 Å². The number of rotatable bonds is 2. The fourth-order valence-electron chi connectivity index (χ4n) is 1.11. The molecule has 0 saturated heterocycles. The van der Waals surface area contributed by atoms with E-state index in [0.717, 1.165) is 0 Å². The molecule has 0 aromatic heterocycles. The number of hydrogen-bond donors (Lipinski definition) is 2. The lowest BCUT2D eigenvalue weighted by Gasteiger charge is -2.08. The van der Waals surface area contributed by atoms with Crippen molar-refractivity contribution in [2.75, 3.05) is 0 Å². The summed E-state index contributed by atoms with van der Waals surface area (Å²) in [6.07, 6.45) is 1.44. The standard InChI is InChI=1S/C9H11O3P/c1-2-9(13(10,11)12)8-6-4-3-5-7-8/h2-7H,1H3,(H2,10,11,12). The van der Waals surface area contributed by atoms with Gasteiger partial charge in [-0.15, -0.1) is 0 Å². The summed E-state index contributed by atoms with van der Waals surface area (Å²) in [5, 5.41) is 0.0769. The molecule has 2 N–H and O–H groups in total. The second-order valence-corrected chi connectivity index (χ2v) is 4.15. The van der Waals surface area contributed by atoms with Crippen molar-refractivity contribution in [2.24, 2.45) is 0 Å². The maximum atomic E-state index is 11.0. The molecule has 0 aliphatic heterocycles. The molecular weight excluding hydrogens is 187 g/mol. The van der Waals surface area contributed by atoms with Crippen molar-refractivity contribution >= 4 is 12.9 Å². The van der Waals surface area contributed by atoms with E-state index < -0.39 is 7.60 Å². The first-order valence-corrected chi connectivity index (χ1v) is 5.45. The van der Waals surface area contributed by atoms with Gasteiger partial charge >= 0.3 is 7.60 Å². The quantitative estimate of drug-likeness (QED) is 0.716. The lowest BCUT2D eigenvalue weighted by atomic mass is 10.2. The topological polar surface area (TPSA) is 57.5 Å². The summed E-state index contributed by atoms with van der Waals surface area (Å²) >= 11 is 0. The Morgan fingerprint density at radius 2 is 1.85 bits per heavy atom. The summed E-state index contributed by atoms with van der Waals surface area (Å²) in [6.45, 7) is 1.61. The summed E-state index contributed by atoms with van der Waals surface area (Å²) in [7, 11) is -4.14. The average Bonchev–Trinajstić information content (AvgIpc) is 2.05. The Hall–Kier alpha value is -0.890. The molecule has 0 unspecified atom stereocenters. The third-order valence-corrected chi connectivity index (χ3v) is 2.80. The van der Waals surface area contributed by atoms with Crippen LogP contribution in [0, 0.1) is 0 Å². The van der Waals surface area contributed by atoms with Crippen LogP contribution < -0.4 is 0 Å². The molecule has 0 aliphatic rings. The van der Waals surface area contributed by atoms with Crippen molar-refractivity contribution in [3.8, 4) is 0 Å². The SMILES string of the molecule is CC=C(c1ccccc1)P(=O)(O)O. The first-order valence-electron chi connectivity index (χ1n) is 3.83. The van der Waals surface area contributed by atoms with Gasteiger partial charge in [0, 0.05) is 0 Å². The van der Waals surface area contributed by atoms with Gasteiger partial charge in [0.25, 0.3) is 0 Å². The predicted octanol–water partition coefficient (Wildman–Crippen LogP) is 2.23. The first kappa shape index (κ1) is 10.2. The van der Waals surface area contributed by atoms with E-state index in [2.05, 4.69) is 0 Å². The van der Waals surface area contributed by atoms with Gasteiger partial charge in [-0.3, -0.25) is 4.57 Å². The maximum absolute atomic E-state index is 11.0. The van der Waals surface area contributed by atoms with E-state index in [4.69, 9.17) is 9.79 Å². The van der Waals surface area contributed by atoms with E-state index in [9.17, 15) is 4.57 Å². The minimum atomic E-state index is -4.14. The second-order valence-electron chi connectivity index (χ2n) is 2.58. The van der Waals surface area contributed by atoms with Gasteiger partial charge in [-0.05, 0) is 12.5 Å².